The highest BCUT2D eigenvalue weighted by Gasteiger charge is 2.29. The Bertz CT molecular complexity index is 1340. The molecule has 4 heterocycles. The van der Waals surface area contributed by atoms with E-state index in [1.807, 2.05) is 36.6 Å². The Balaban J connectivity index is 1.34. The van der Waals surface area contributed by atoms with Gasteiger partial charge in [-0.3, -0.25) is 0 Å². The van der Waals surface area contributed by atoms with Crippen molar-refractivity contribution in [3.63, 3.8) is 0 Å². The highest BCUT2D eigenvalue weighted by Crippen LogP contribution is 2.34. The first-order valence-electron chi connectivity index (χ1n) is 9.74. The molecule has 0 bridgehead atoms. The van der Waals surface area contributed by atoms with Crippen molar-refractivity contribution in [3.05, 3.63) is 45.7 Å². The highest BCUT2D eigenvalue weighted by atomic mass is 35.5. The second-order valence-corrected chi connectivity index (χ2v) is 13.0. The van der Waals surface area contributed by atoms with Crippen molar-refractivity contribution in [2.45, 2.75) is 17.6 Å². The zero-order valence-electron chi connectivity index (χ0n) is 16.6. The van der Waals surface area contributed by atoms with E-state index in [1.165, 1.54) is 11.3 Å². The van der Waals surface area contributed by atoms with Crippen LogP contribution in [0.3, 0.4) is 0 Å². The Morgan fingerprint density at radius 3 is 2.71 bits per heavy atom. The number of aromatic nitrogens is 2. The zero-order valence-corrected chi connectivity index (χ0v) is 20.6. The molecule has 5 rings (SSSR count). The van der Waals surface area contributed by atoms with E-state index < -0.39 is 10.0 Å². The Morgan fingerprint density at radius 1 is 1.03 bits per heavy atom. The number of fused-ring (bicyclic) bond motifs is 1. The number of thiophene rings is 1. The van der Waals surface area contributed by atoms with E-state index in [9.17, 15) is 8.42 Å². The lowest BCUT2D eigenvalue weighted by Crippen LogP contribution is -2.34. The minimum Gasteiger partial charge on any atom is -0.347 e. The predicted molar refractivity (Wildman–Crippen MR) is 130 cm³/mol. The third-order valence-corrected chi connectivity index (χ3v) is 10.7. The van der Waals surface area contributed by atoms with Crippen molar-refractivity contribution >= 4 is 71.0 Å². The van der Waals surface area contributed by atoms with Crippen LogP contribution >= 0.6 is 45.6 Å². The van der Waals surface area contributed by atoms with Crippen LogP contribution in [0.5, 0.6) is 0 Å². The molecule has 1 fully saturated rings. The Hall–Kier alpha value is -1.56. The molecule has 0 spiro atoms. The van der Waals surface area contributed by atoms with Crippen LogP contribution in [-0.4, -0.2) is 48.9 Å². The number of hydrogen-bond acceptors (Lipinski definition) is 8. The number of nitrogens with zero attached hydrogens (tertiary/aromatic N) is 4. The maximum absolute atomic E-state index is 13.3. The van der Waals surface area contributed by atoms with Crippen LogP contribution in [0.4, 0.5) is 5.13 Å². The third-order valence-electron chi connectivity index (χ3n) is 5.11. The zero-order chi connectivity index (χ0) is 21.6. The second kappa shape index (κ2) is 8.42. The molecule has 0 unspecified atom stereocenters. The lowest BCUT2D eigenvalue weighted by atomic mass is 10.3. The monoisotopic (exact) mass is 510 g/mol. The number of rotatable bonds is 4. The summed E-state index contributed by atoms with van der Waals surface area (Å²) >= 11 is 10.5. The van der Waals surface area contributed by atoms with Gasteiger partial charge in [0.05, 0.1) is 25.8 Å². The smallest absolute Gasteiger partial charge is 0.252 e. The molecule has 6 nitrogen and oxygen atoms in total. The molecular formula is C20H19ClN4O2S4. The van der Waals surface area contributed by atoms with Crippen LogP contribution in [0, 0.1) is 6.92 Å². The molecule has 0 saturated carbocycles. The van der Waals surface area contributed by atoms with Gasteiger partial charge < -0.3 is 4.90 Å². The number of benzene rings is 1. The SMILES string of the molecule is Cc1nc(-c2ccc(S(=O)(=O)N3CCCN(c4nc5ccc(Cl)cc5s4)CC3)s2)cs1. The quantitative estimate of drug-likeness (QED) is 0.370. The summed E-state index contributed by atoms with van der Waals surface area (Å²) in [5.41, 5.74) is 1.76. The summed E-state index contributed by atoms with van der Waals surface area (Å²) in [5, 5.41) is 4.54. The van der Waals surface area contributed by atoms with Crippen molar-refractivity contribution in [1.82, 2.24) is 14.3 Å². The molecule has 162 valence electrons. The molecule has 0 amide bonds. The lowest BCUT2D eigenvalue weighted by Gasteiger charge is -2.20. The van der Waals surface area contributed by atoms with Crippen molar-refractivity contribution in [1.29, 1.82) is 0 Å². The first-order valence-corrected chi connectivity index (χ1v) is 14.1. The van der Waals surface area contributed by atoms with Gasteiger partial charge in [0.25, 0.3) is 10.0 Å². The standard InChI is InChI=1S/C20H19ClN4O2S4/c1-13-22-16(12-28-13)17-5-6-19(29-17)31(26,27)25-8-2-7-24(9-10-25)20-23-15-4-3-14(21)11-18(15)30-20/h3-6,11-12H,2,7-10H2,1H3. The second-order valence-electron chi connectivity index (χ2n) is 7.22. The molecule has 3 aromatic heterocycles. The van der Waals surface area contributed by atoms with Crippen LogP contribution in [0.25, 0.3) is 20.8 Å². The summed E-state index contributed by atoms with van der Waals surface area (Å²) in [5.74, 6) is 0. The van der Waals surface area contributed by atoms with Crippen LogP contribution < -0.4 is 4.90 Å². The molecule has 0 aliphatic carbocycles. The van der Waals surface area contributed by atoms with Gasteiger partial charge in [0, 0.05) is 36.6 Å². The van der Waals surface area contributed by atoms with Gasteiger partial charge in [0.1, 0.15) is 4.21 Å². The van der Waals surface area contributed by atoms with Gasteiger partial charge in [-0.25, -0.2) is 18.4 Å². The predicted octanol–water partition coefficient (Wildman–Crippen LogP) is 5.34. The molecule has 31 heavy (non-hydrogen) atoms. The normalized spacial score (nSPS) is 16.1. The van der Waals surface area contributed by atoms with Gasteiger partial charge in [0.2, 0.25) is 0 Å². The van der Waals surface area contributed by atoms with Crippen molar-refractivity contribution in [3.8, 4) is 10.6 Å². The van der Waals surface area contributed by atoms with Gasteiger partial charge in [-0.1, -0.05) is 22.9 Å². The van der Waals surface area contributed by atoms with E-state index in [1.54, 1.807) is 33.0 Å². The minimum atomic E-state index is -3.54. The summed E-state index contributed by atoms with van der Waals surface area (Å²) in [6.07, 6.45) is 0.749. The summed E-state index contributed by atoms with van der Waals surface area (Å²) in [7, 11) is -3.54. The number of thiazole rings is 2. The maximum atomic E-state index is 13.3. The molecule has 11 heteroatoms. The molecule has 1 aliphatic rings. The van der Waals surface area contributed by atoms with E-state index in [2.05, 4.69) is 9.88 Å². The van der Waals surface area contributed by atoms with Gasteiger partial charge in [-0.2, -0.15) is 4.31 Å². The molecule has 0 radical (unpaired) electrons. The van der Waals surface area contributed by atoms with Crippen LogP contribution in [0.15, 0.2) is 39.9 Å². The largest absolute Gasteiger partial charge is 0.347 e. The molecule has 1 aromatic carbocycles. The maximum Gasteiger partial charge on any atom is 0.252 e. The van der Waals surface area contributed by atoms with E-state index in [-0.39, 0.29) is 0 Å². The van der Waals surface area contributed by atoms with E-state index in [0.717, 1.165) is 43.9 Å². The number of sulfonamides is 1. The molecule has 0 N–H and O–H groups in total. The Kier molecular flexibility index (Phi) is 5.78. The van der Waals surface area contributed by atoms with Gasteiger partial charge in [-0.05, 0) is 43.7 Å². The Labute approximate surface area is 197 Å². The first-order chi connectivity index (χ1) is 14.9. The summed E-state index contributed by atoms with van der Waals surface area (Å²) in [4.78, 5) is 12.2. The third kappa shape index (κ3) is 4.24. The van der Waals surface area contributed by atoms with Crippen LogP contribution in [-0.2, 0) is 10.0 Å². The van der Waals surface area contributed by atoms with Crippen molar-refractivity contribution in [2.75, 3.05) is 31.1 Å². The molecule has 4 aromatic rings. The summed E-state index contributed by atoms with van der Waals surface area (Å²) in [6.45, 7) is 4.26. The minimum absolute atomic E-state index is 0.372. The van der Waals surface area contributed by atoms with Crippen LogP contribution in [0.1, 0.15) is 11.4 Å². The molecular weight excluding hydrogens is 492 g/mol. The lowest BCUT2D eigenvalue weighted by molar-refractivity contribution is 0.434. The molecule has 0 atom stereocenters. The molecule has 1 saturated heterocycles. The van der Waals surface area contributed by atoms with E-state index >= 15 is 0 Å². The topological polar surface area (TPSA) is 66.4 Å². The first kappa shape index (κ1) is 21.3. The number of aryl methyl sites for hydroxylation is 1. The van der Waals surface area contributed by atoms with Gasteiger partial charge in [0.15, 0.2) is 5.13 Å². The average Bonchev–Trinajstić information content (AvgIpc) is 3.44. The molecule has 1 aliphatic heterocycles. The van der Waals surface area contributed by atoms with E-state index in [0.29, 0.717) is 28.9 Å². The number of hydrogen-bond donors (Lipinski definition) is 0. The fourth-order valence-corrected chi connectivity index (χ4v) is 8.42. The Morgan fingerprint density at radius 2 is 1.90 bits per heavy atom. The summed E-state index contributed by atoms with van der Waals surface area (Å²) in [6, 6.07) is 9.23. The highest BCUT2D eigenvalue weighted by molar-refractivity contribution is 7.91. The van der Waals surface area contributed by atoms with Crippen molar-refractivity contribution in [2.24, 2.45) is 0 Å². The van der Waals surface area contributed by atoms with Crippen molar-refractivity contribution < 1.29 is 8.42 Å². The number of anilines is 1. The summed E-state index contributed by atoms with van der Waals surface area (Å²) < 4.78 is 29.6. The van der Waals surface area contributed by atoms with Gasteiger partial charge >= 0.3 is 0 Å². The number of halogens is 1. The fraction of sp³-hybridized carbons (Fsp3) is 0.300. The fourth-order valence-electron chi connectivity index (χ4n) is 3.55. The van der Waals surface area contributed by atoms with Crippen LogP contribution in [0.2, 0.25) is 5.02 Å². The average molecular weight is 511 g/mol. The van der Waals surface area contributed by atoms with E-state index in [4.69, 9.17) is 16.6 Å². The van der Waals surface area contributed by atoms with Gasteiger partial charge in [-0.15, -0.1) is 22.7 Å².